The molecule has 3 nitrogen and oxygen atoms in total. The Labute approximate surface area is 149 Å². The lowest BCUT2D eigenvalue weighted by Gasteiger charge is -2.20. The number of hydroxylamine groups is 2. The molecule has 0 N–H and O–H groups in total. The second kappa shape index (κ2) is 10.1. The van der Waals surface area contributed by atoms with E-state index in [1.807, 2.05) is 0 Å². The smallest absolute Gasteiger partial charge is 0.273 e. The zero-order chi connectivity index (χ0) is 17.6. The van der Waals surface area contributed by atoms with Gasteiger partial charge in [-0.3, -0.25) is 9.63 Å². The molecule has 0 radical (unpaired) electrons. The minimum atomic E-state index is -1.61. The van der Waals surface area contributed by atoms with Gasteiger partial charge in [0, 0.05) is 0 Å². The van der Waals surface area contributed by atoms with Gasteiger partial charge in [0.05, 0.1) is 93.0 Å². The normalized spacial score (nSPS) is 10.9. The number of hydrogen-bond acceptors (Lipinski definition) is 7. The Bertz CT molecular complexity index is 580. The lowest BCUT2D eigenvalue weighted by molar-refractivity contribution is -0.0816. The fraction of sp³-hybridized carbons (Fsp3) is 0.222. The summed E-state index contributed by atoms with van der Waals surface area (Å²) in [5, 5.41) is 0.310. The van der Waals surface area contributed by atoms with E-state index in [9.17, 15) is 28.6 Å². The average molecular weight is 433 g/mol. The van der Waals surface area contributed by atoms with Crippen molar-refractivity contribution in [3.05, 3.63) is 11.4 Å². The highest BCUT2D eigenvalue weighted by Crippen LogP contribution is 2.49. The van der Waals surface area contributed by atoms with Crippen LogP contribution in [-0.4, -0.2) is 24.0 Å². The van der Waals surface area contributed by atoms with Crippen molar-refractivity contribution in [1.82, 2.24) is 5.06 Å². The first kappa shape index (κ1) is 21.0. The lowest BCUT2D eigenvalue weighted by atomic mass is 10.2. The molecule has 14 heteroatoms. The summed E-state index contributed by atoms with van der Waals surface area (Å²) < 4.78 is 78.5. The number of benzene rings is 1. The Hall–Kier alpha value is -0.0200. The van der Waals surface area contributed by atoms with Crippen LogP contribution in [0.2, 0.25) is 0 Å². The topological polar surface area (TPSA) is 29.5 Å². The molecule has 0 fully saturated rings. The van der Waals surface area contributed by atoms with Gasteiger partial charge in [0.2, 0.25) is 0 Å². The zero-order valence-electron chi connectivity index (χ0n) is 10.8. The number of amides is 1. The van der Waals surface area contributed by atoms with Gasteiger partial charge in [-0.1, -0.05) is 0 Å². The molecule has 1 aromatic carbocycles. The summed E-state index contributed by atoms with van der Waals surface area (Å²) in [5.74, 6) is -3.69. The number of halogens is 6. The van der Waals surface area contributed by atoms with Crippen LogP contribution in [0.25, 0.3) is 0 Å². The van der Waals surface area contributed by atoms with E-state index in [2.05, 4.69) is 4.84 Å². The molecule has 0 unspecified atom stereocenters. The first-order valence-corrected chi connectivity index (χ1v) is 8.90. The Morgan fingerprint density at radius 1 is 0.957 bits per heavy atom. The van der Waals surface area contributed by atoms with E-state index in [0.717, 1.165) is 7.11 Å². The number of carbonyl (C=O) groups is 1. The summed E-state index contributed by atoms with van der Waals surface area (Å²) in [5.41, 5.74) is -1.09. The van der Waals surface area contributed by atoms with Crippen LogP contribution < -0.4 is 0 Å². The lowest BCUT2D eigenvalue weighted by Crippen LogP contribution is -2.31. The zero-order valence-corrected chi connectivity index (χ0v) is 14.9. The van der Waals surface area contributed by atoms with Gasteiger partial charge in [0.15, 0.2) is 5.82 Å². The van der Waals surface area contributed by atoms with Crippen molar-refractivity contribution in [1.29, 1.82) is 0 Å². The second-order valence-electron chi connectivity index (χ2n) is 3.42. The van der Waals surface area contributed by atoms with Crippen molar-refractivity contribution >= 4 is 66.6 Å². The van der Waals surface area contributed by atoms with Crippen LogP contribution >= 0.6 is 60.7 Å². The molecule has 0 spiro atoms. The number of rotatable bonds is 8. The standard InChI is InChI=1S/C9H5F6NO2S5/c1-18-16(2-19-11)9(17)3-4(10)6(21-13)8(23-15)7(22-14)5(3)20-12/h2H2,1H3. The van der Waals surface area contributed by atoms with E-state index < -0.39 is 91.3 Å². The van der Waals surface area contributed by atoms with E-state index in [1.165, 1.54) is 0 Å². The number of hydrogen-bond donors (Lipinski definition) is 0. The highest BCUT2D eigenvalue weighted by atomic mass is 32.2. The second-order valence-corrected chi connectivity index (χ2v) is 6.15. The summed E-state index contributed by atoms with van der Waals surface area (Å²) in [6.07, 6.45) is 0. The molecule has 0 saturated carbocycles. The van der Waals surface area contributed by atoms with Crippen molar-refractivity contribution < 1.29 is 33.5 Å². The fourth-order valence-electron chi connectivity index (χ4n) is 1.47. The molecule has 0 heterocycles. The van der Waals surface area contributed by atoms with E-state index in [0.29, 0.717) is 5.06 Å². The van der Waals surface area contributed by atoms with Crippen LogP contribution in [0, 0.1) is 5.82 Å². The van der Waals surface area contributed by atoms with Gasteiger partial charge in [-0.15, -0.1) is 0 Å². The van der Waals surface area contributed by atoms with Crippen molar-refractivity contribution in [3.8, 4) is 0 Å². The SMILES string of the molecule is CON(CSF)C(=O)c1c(F)c(SF)c(SF)c(SF)c1SF. The maximum atomic E-state index is 14.3. The summed E-state index contributed by atoms with van der Waals surface area (Å²) in [4.78, 5) is 13.1. The van der Waals surface area contributed by atoms with Crippen molar-refractivity contribution in [3.63, 3.8) is 0 Å². The fourth-order valence-corrected chi connectivity index (χ4v) is 3.92. The molecule has 0 saturated heterocycles. The molecule has 1 rings (SSSR count). The van der Waals surface area contributed by atoms with Gasteiger partial charge in [-0.2, -0.15) is 19.4 Å². The molecule has 0 bridgehead atoms. The molecule has 130 valence electrons. The highest BCUT2D eigenvalue weighted by molar-refractivity contribution is 8.00. The van der Waals surface area contributed by atoms with E-state index in [4.69, 9.17) is 0 Å². The van der Waals surface area contributed by atoms with Gasteiger partial charge >= 0.3 is 0 Å². The summed E-state index contributed by atoms with van der Waals surface area (Å²) >= 11 is -3.26. The molecule has 0 aromatic heterocycles. The van der Waals surface area contributed by atoms with Crippen molar-refractivity contribution in [2.24, 2.45) is 0 Å². The Morgan fingerprint density at radius 2 is 1.43 bits per heavy atom. The predicted octanol–water partition coefficient (Wildman–Crippen LogP) is 6.31. The number of carbonyl (C=O) groups excluding carboxylic acids is 1. The molecule has 1 aromatic rings. The van der Waals surface area contributed by atoms with Crippen LogP contribution in [0.3, 0.4) is 0 Å². The Morgan fingerprint density at radius 3 is 1.83 bits per heavy atom. The molecule has 0 aliphatic carbocycles. The first-order chi connectivity index (χ1) is 11.0. The van der Waals surface area contributed by atoms with E-state index >= 15 is 0 Å². The highest BCUT2D eigenvalue weighted by Gasteiger charge is 2.33. The van der Waals surface area contributed by atoms with Gasteiger partial charge in [-0.05, 0) is 0 Å². The van der Waals surface area contributed by atoms with Gasteiger partial charge < -0.3 is 0 Å². The minimum Gasteiger partial charge on any atom is -0.273 e. The van der Waals surface area contributed by atoms with Crippen LogP contribution in [0.5, 0.6) is 0 Å². The number of nitrogens with zero attached hydrogens (tertiary/aromatic N) is 1. The van der Waals surface area contributed by atoms with Crippen LogP contribution in [0.15, 0.2) is 19.6 Å². The largest absolute Gasteiger partial charge is 0.282 e. The van der Waals surface area contributed by atoms with Crippen molar-refractivity contribution in [2.75, 3.05) is 13.0 Å². The summed E-state index contributed by atoms with van der Waals surface area (Å²) in [6, 6.07) is 0. The third kappa shape index (κ3) is 4.34. The third-order valence-electron chi connectivity index (χ3n) is 2.40. The molecule has 0 aliphatic heterocycles. The molecule has 0 atom stereocenters. The van der Waals surface area contributed by atoms with Crippen LogP contribution in [0.1, 0.15) is 10.4 Å². The quantitative estimate of drug-likeness (QED) is 0.270. The maximum Gasteiger partial charge on any atom is 0.282 e. The molecule has 23 heavy (non-hydrogen) atoms. The van der Waals surface area contributed by atoms with E-state index in [-0.39, 0.29) is 12.1 Å². The molecular formula is C9H5F6NO2S5. The Kier molecular flexibility index (Phi) is 9.21. The molecule has 0 aliphatic rings. The van der Waals surface area contributed by atoms with E-state index in [1.54, 1.807) is 0 Å². The average Bonchev–Trinajstić information content (AvgIpc) is 2.57. The van der Waals surface area contributed by atoms with Crippen LogP contribution in [0.4, 0.5) is 23.8 Å². The third-order valence-corrected chi connectivity index (χ3v) is 5.35. The first-order valence-electron chi connectivity index (χ1n) is 5.15. The summed E-state index contributed by atoms with van der Waals surface area (Å²) in [6.45, 7) is 0. The monoisotopic (exact) mass is 433 g/mol. The predicted molar refractivity (Wildman–Crippen MR) is 81.0 cm³/mol. The van der Waals surface area contributed by atoms with Gasteiger partial charge in [-0.25, -0.2) is 9.45 Å². The minimum absolute atomic E-state index is 0.310. The van der Waals surface area contributed by atoms with Gasteiger partial charge in [0.1, 0.15) is 5.88 Å². The summed E-state index contributed by atoms with van der Waals surface area (Å²) in [7, 11) is 0.954. The molecule has 1 amide bonds. The van der Waals surface area contributed by atoms with Gasteiger partial charge in [0.25, 0.3) is 5.91 Å². The Balaban J connectivity index is 3.67. The van der Waals surface area contributed by atoms with Crippen molar-refractivity contribution in [2.45, 2.75) is 19.6 Å². The maximum absolute atomic E-state index is 14.3. The molecular weight excluding hydrogens is 428 g/mol. The van der Waals surface area contributed by atoms with Crippen LogP contribution in [-0.2, 0) is 4.84 Å².